The molecule has 0 unspecified atom stereocenters. The van der Waals surface area contributed by atoms with Crippen LogP contribution in [0.4, 0.5) is 0 Å². The van der Waals surface area contributed by atoms with Crippen molar-refractivity contribution in [3.05, 3.63) is 52.9 Å². The number of aromatic nitrogens is 1. The van der Waals surface area contributed by atoms with Gasteiger partial charge in [0.05, 0.1) is 17.9 Å². The maximum Gasteiger partial charge on any atom is 0.227 e. The molecular weight excluding hydrogens is 378 g/mol. The number of nitrogens with one attached hydrogen (secondary N) is 1. The molecule has 1 aliphatic rings. The minimum Gasteiger partial charge on any atom is -0.361 e. The molecule has 2 aromatic rings. The van der Waals surface area contributed by atoms with Crippen LogP contribution in [0.1, 0.15) is 35.4 Å². The lowest BCUT2D eigenvalue weighted by Gasteiger charge is -2.33. The summed E-state index contributed by atoms with van der Waals surface area (Å²) in [4.78, 5) is 14.5. The van der Waals surface area contributed by atoms with Crippen molar-refractivity contribution >= 4 is 15.9 Å². The van der Waals surface area contributed by atoms with Gasteiger partial charge >= 0.3 is 0 Å². The summed E-state index contributed by atoms with van der Waals surface area (Å²) in [6.07, 6.45) is 2.05. The van der Waals surface area contributed by atoms with Gasteiger partial charge in [0, 0.05) is 25.2 Å². The van der Waals surface area contributed by atoms with Gasteiger partial charge in [0.1, 0.15) is 5.76 Å². The third-order valence-corrected chi connectivity index (χ3v) is 6.49. The standard InChI is InChI=1S/C20H27N3O4S/c1-15-19(16(2)27-22-15)11-20(24)23-10-6-9-18(13-23)12-21-28(25,26)14-17-7-4-3-5-8-17/h3-5,7-8,18,21H,6,9-14H2,1-2H3/t18-/m1/s1. The molecule has 1 saturated heterocycles. The number of benzene rings is 1. The number of carbonyl (C=O) groups is 1. The Kier molecular flexibility index (Phi) is 6.51. The van der Waals surface area contributed by atoms with Crippen molar-refractivity contribution in [3.8, 4) is 0 Å². The van der Waals surface area contributed by atoms with E-state index in [1.54, 1.807) is 12.1 Å². The largest absolute Gasteiger partial charge is 0.361 e. The fourth-order valence-electron chi connectivity index (χ4n) is 3.56. The Bertz CT molecular complexity index is 889. The van der Waals surface area contributed by atoms with Crippen molar-refractivity contribution < 1.29 is 17.7 Å². The maximum absolute atomic E-state index is 12.7. The van der Waals surface area contributed by atoms with Gasteiger partial charge in [0.15, 0.2) is 0 Å². The minimum absolute atomic E-state index is 0.0325. The number of piperidine rings is 1. The normalized spacial score (nSPS) is 17.6. The zero-order chi connectivity index (χ0) is 20.1. The van der Waals surface area contributed by atoms with Gasteiger partial charge in [-0.05, 0) is 38.2 Å². The van der Waals surface area contributed by atoms with Gasteiger partial charge in [0.25, 0.3) is 0 Å². The lowest BCUT2D eigenvalue weighted by Crippen LogP contribution is -2.44. The van der Waals surface area contributed by atoms with E-state index < -0.39 is 10.0 Å². The zero-order valence-electron chi connectivity index (χ0n) is 16.3. The molecule has 1 aliphatic heterocycles. The summed E-state index contributed by atoms with van der Waals surface area (Å²) >= 11 is 0. The molecule has 1 fully saturated rings. The molecule has 7 nitrogen and oxygen atoms in total. The Balaban J connectivity index is 1.52. The predicted octanol–water partition coefficient (Wildman–Crippen LogP) is 2.19. The van der Waals surface area contributed by atoms with Crippen molar-refractivity contribution in [1.82, 2.24) is 14.8 Å². The smallest absolute Gasteiger partial charge is 0.227 e. The van der Waals surface area contributed by atoms with E-state index >= 15 is 0 Å². The molecule has 3 rings (SSSR count). The molecule has 1 amide bonds. The first-order valence-corrected chi connectivity index (χ1v) is 11.2. The molecule has 0 saturated carbocycles. The number of likely N-dealkylation sites (tertiary alicyclic amines) is 1. The van der Waals surface area contributed by atoms with Crippen molar-refractivity contribution in [2.24, 2.45) is 5.92 Å². The van der Waals surface area contributed by atoms with Gasteiger partial charge in [0.2, 0.25) is 15.9 Å². The fourth-order valence-corrected chi connectivity index (χ4v) is 4.79. The molecule has 152 valence electrons. The second kappa shape index (κ2) is 8.87. The van der Waals surface area contributed by atoms with Gasteiger partial charge in [-0.15, -0.1) is 0 Å². The van der Waals surface area contributed by atoms with Crippen LogP contribution in [0.5, 0.6) is 0 Å². The number of nitrogens with zero attached hydrogens (tertiary/aromatic N) is 2. The van der Waals surface area contributed by atoms with E-state index in [1.807, 2.05) is 36.9 Å². The van der Waals surface area contributed by atoms with E-state index in [-0.39, 0.29) is 24.0 Å². The third kappa shape index (κ3) is 5.42. The highest BCUT2D eigenvalue weighted by molar-refractivity contribution is 7.88. The van der Waals surface area contributed by atoms with Crippen LogP contribution in [-0.4, -0.2) is 44.0 Å². The summed E-state index contributed by atoms with van der Waals surface area (Å²) in [6, 6.07) is 9.12. The molecule has 0 bridgehead atoms. The first-order chi connectivity index (χ1) is 13.3. The lowest BCUT2D eigenvalue weighted by atomic mass is 9.97. The topological polar surface area (TPSA) is 92.5 Å². The summed E-state index contributed by atoms with van der Waals surface area (Å²) in [6.45, 7) is 5.26. The van der Waals surface area contributed by atoms with Crippen molar-refractivity contribution in [3.63, 3.8) is 0 Å². The number of aryl methyl sites for hydroxylation is 2. The Morgan fingerprint density at radius 1 is 1.29 bits per heavy atom. The van der Waals surface area contributed by atoms with E-state index in [0.717, 1.165) is 29.7 Å². The van der Waals surface area contributed by atoms with E-state index in [2.05, 4.69) is 9.88 Å². The zero-order valence-corrected chi connectivity index (χ0v) is 17.2. The highest BCUT2D eigenvalue weighted by Crippen LogP contribution is 2.19. The van der Waals surface area contributed by atoms with Crippen LogP contribution in [0.25, 0.3) is 0 Å². The number of carbonyl (C=O) groups excluding carboxylic acids is 1. The summed E-state index contributed by atoms with van der Waals surface area (Å²) in [5.41, 5.74) is 2.35. The summed E-state index contributed by atoms with van der Waals surface area (Å²) in [5.74, 6) is 0.794. The molecular formula is C20H27N3O4S. The van der Waals surface area contributed by atoms with E-state index in [0.29, 0.717) is 25.4 Å². The number of hydrogen-bond acceptors (Lipinski definition) is 5. The number of rotatable bonds is 7. The fraction of sp³-hybridized carbons (Fsp3) is 0.500. The molecule has 0 aliphatic carbocycles. The molecule has 8 heteroatoms. The average molecular weight is 406 g/mol. The minimum atomic E-state index is -3.40. The van der Waals surface area contributed by atoms with Crippen LogP contribution in [0.15, 0.2) is 34.9 Å². The summed E-state index contributed by atoms with van der Waals surface area (Å²) in [7, 11) is -3.40. The molecule has 1 N–H and O–H groups in total. The van der Waals surface area contributed by atoms with Crippen molar-refractivity contribution in [1.29, 1.82) is 0 Å². The Morgan fingerprint density at radius 2 is 2.04 bits per heavy atom. The van der Waals surface area contributed by atoms with Gasteiger partial charge in [-0.25, -0.2) is 13.1 Å². The van der Waals surface area contributed by atoms with Crippen LogP contribution in [0.3, 0.4) is 0 Å². The molecule has 28 heavy (non-hydrogen) atoms. The molecule has 1 atom stereocenters. The second-order valence-corrected chi connectivity index (χ2v) is 9.23. The molecule has 2 heterocycles. The quantitative estimate of drug-likeness (QED) is 0.762. The van der Waals surface area contributed by atoms with E-state index in [4.69, 9.17) is 4.52 Å². The predicted molar refractivity (Wildman–Crippen MR) is 106 cm³/mol. The Morgan fingerprint density at radius 3 is 2.71 bits per heavy atom. The highest BCUT2D eigenvalue weighted by atomic mass is 32.2. The Hall–Kier alpha value is -2.19. The SMILES string of the molecule is Cc1noc(C)c1CC(=O)N1CCC[C@H](CNS(=O)(=O)Cc2ccccc2)C1. The highest BCUT2D eigenvalue weighted by Gasteiger charge is 2.26. The van der Waals surface area contributed by atoms with Crippen molar-refractivity contribution in [2.45, 2.75) is 38.9 Å². The molecule has 0 spiro atoms. The molecule has 0 radical (unpaired) electrons. The first-order valence-electron chi connectivity index (χ1n) is 9.55. The van der Waals surface area contributed by atoms with Crippen LogP contribution < -0.4 is 4.72 Å². The monoisotopic (exact) mass is 405 g/mol. The number of amides is 1. The van der Waals surface area contributed by atoms with Crippen LogP contribution in [0, 0.1) is 19.8 Å². The average Bonchev–Trinajstić information content (AvgIpc) is 2.99. The molecule has 1 aromatic heterocycles. The van der Waals surface area contributed by atoms with E-state index in [1.165, 1.54) is 0 Å². The Labute approximate surface area is 166 Å². The first kappa shape index (κ1) is 20.5. The van der Waals surface area contributed by atoms with Gasteiger partial charge in [-0.3, -0.25) is 4.79 Å². The van der Waals surface area contributed by atoms with Crippen LogP contribution >= 0.6 is 0 Å². The van der Waals surface area contributed by atoms with Crippen LogP contribution in [-0.2, 0) is 27.0 Å². The van der Waals surface area contributed by atoms with Crippen molar-refractivity contribution in [2.75, 3.05) is 19.6 Å². The number of hydrogen-bond donors (Lipinski definition) is 1. The second-order valence-electron chi connectivity index (χ2n) is 7.42. The third-order valence-electron chi connectivity index (χ3n) is 5.17. The van der Waals surface area contributed by atoms with Gasteiger partial charge in [-0.2, -0.15) is 0 Å². The van der Waals surface area contributed by atoms with Crippen LogP contribution in [0.2, 0.25) is 0 Å². The number of sulfonamides is 1. The maximum atomic E-state index is 12.7. The summed E-state index contributed by atoms with van der Waals surface area (Å²) < 4.78 is 32.5. The van der Waals surface area contributed by atoms with E-state index in [9.17, 15) is 13.2 Å². The van der Waals surface area contributed by atoms with Gasteiger partial charge in [-0.1, -0.05) is 35.5 Å². The summed E-state index contributed by atoms with van der Waals surface area (Å²) in [5, 5.41) is 3.90. The lowest BCUT2D eigenvalue weighted by molar-refractivity contribution is -0.132. The van der Waals surface area contributed by atoms with Gasteiger partial charge < -0.3 is 9.42 Å². The molecule has 1 aromatic carbocycles.